The lowest BCUT2D eigenvalue weighted by molar-refractivity contribution is -0.117. The smallest absolute Gasteiger partial charge is 0.232 e. The van der Waals surface area contributed by atoms with Crippen LogP contribution in [-0.2, 0) is 11.2 Å². The van der Waals surface area contributed by atoms with Gasteiger partial charge in [-0.15, -0.1) is 0 Å². The average molecular weight is 308 g/mol. The van der Waals surface area contributed by atoms with Crippen molar-refractivity contribution in [1.29, 1.82) is 0 Å². The van der Waals surface area contributed by atoms with E-state index in [1.165, 1.54) is 11.1 Å². The number of anilines is 1. The number of hydrogen-bond donors (Lipinski definition) is 2. The topological polar surface area (TPSA) is 55.1 Å². The molecular formula is C20H24N2O. The van der Waals surface area contributed by atoms with Crippen molar-refractivity contribution in [3.05, 3.63) is 64.2 Å². The minimum absolute atomic E-state index is 0.0562. The number of nitrogens with one attached hydrogen (secondary N) is 1. The van der Waals surface area contributed by atoms with E-state index in [4.69, 9.17) is 5.73 Å². The number of amides is 1. The van der Waals surface area contributed by atoms with Gasteiger partial charge in [0, 0.05) is 5.69 Å². The molecule has 0 radical (unpaired) electrons. The molecule has 0 spiro atoms. The van der Waals surface area contributed by atoms with E-state index in [1.807, 2.05) is 12.1 Å². The van der Waals surface area contributed by atoms with Gasteiger partial charge >= 0.3 is 0 Å². The van der Waals surface area contributed by atoms with Crippen LogP contribution in [0.1, 0.15) is 60.0 Å². The zero-order valence-corrected chi connectivity index (χ0v) is 14.0. The first-order chi connectivity index (χ1) is 11.1. The van der Waals surface area contributed by atoms with E-state index in [1.54, 1.807) is 0 Å². The first-order valence-corrected chi connectivity index (χ1v) is 8.35. The molecule has 3 heteroatoms. The van der Waals surface area contributed by atoms with Crippen LogP contribution in [0.25, 0.3) is 0 Å². The number of aryl methyl sites for hydroxylation is 2. The van der Waals surface area contributed by atoms with E-state index >= 15 is 0 Å². The van der Waals surface area contributed by atoms with Crippen LogP contribution in [0.4, 0.5) is 5.69 Å². The molecule has 0 bridgehead atoms. The second kappa shape index (κ2) is 6.17. The molecule has 3 rings (SSSR count). The lowest BCUT2D eigenvalue weighted by atomic mass is 9.88. The number of hydrogen-bond acceptors (Lipinski definition) is 2. The molecule has 2 aromatic rings. The van der Waals surface area contributed by atoms with Crippen molar-refractivity contribution in [3.8, 4) is 0 Å². The highest BCUT2D eigenvalue weighted by molar-refractivity contribution is 6.03. The molecule has 0 saturated carbocycles. The van der Waals surface area contributed by atoms with E-state index in [2.05, 4.69) is 50.4 Å². The number of benzene rings is 2. The number of fused-ring (bicyclic) bond motifs is 1. The van der Waals surface area contributed by atoms with Gasteiger partial charge in [0.2, 0.25) is 5.91 Å². The Morgan fingerprint density at radius 1 is 1.22 bits per heavy atom. The maximum atomic E-state index is 12.2. The largest absolute Gasteiger partial charge is 0.325 e. The summed E-state index contributed by atoms with van der Waals surface area (Å²) in [5.74, 6) is 0.0538. The molecule has 2 atom stereocenters. The van der Waals surface area contributed by atoms with Crippen molar-refractivity contribution < 1.29 is 4.79 Å². The molecule has 3 nitrogen and oxygen atoms in total. The Balaban J connectivity index is 2.10. The Kier molecular flexibility index (Phi) is 4.22. The zero-order valence-electron chi connectivity index (χ0n) is 14.0. The standard InChI is InChI=1S/C20H24N2O/c1-4-13-10-14(18(21)16-9-7-6-8-12(16)3)11-17-15(5-2)20(23)22-19(13)17/h6-11,15,18H,4-5,21H2,1-3H3,(H,22,23). The molecule has 1 heterocycles. The van der Waals surface area contributed by atoms with Gasteiger partial charge in [0.15, 0.2) is 0 Å². The summed E-state index contributed by atoms with van der Waals surface area (Å²) in [6.07, 6.45) is 1.69. The quantitative estimate of drug-likeness (QED) is 0.895. The first-order valence-electron chi connectivity index (χ1n) is 8.35. The zero-order chi connectivity index (χ0) is 16.6. The summed E-state index contributed by atoms with van der Waals surface area (Å²) in [5.41, 5.74) is 13.3. The summed E-state index contributed by atoms with van der Waals surface area (Å²) in [6, 6.07) is 12.3. The predicted octanol–water partition coefficient (Wildman–Crippen LogP) is 4.05. The van der Waals surface area contributed by atoms with Crippen LogP contribution in [0.3, 0.4) is 0 Å². The monoisotopic (exact) mass is 308 g/mol. The maximum Gasteiger partial charge on any atom is 0.232 e. The highest BCUT2D eigenvalue weighted by Gasteiger charge is 2.31. The summed E-state index contributed by atoms with van der Waals surface area (Å²) in [6.45, 7) is 6.26. The maximum absolute atomic E-state index is 12.2. The fourth-order valence-corrected chi connectivity index (χ4v) is 3.51. The molecule has 0 aromatic heterocycles. The Bertz CT molecular complexity index is 751. The van der Waals surface area contributed by atoms with Gasteiger partial charge in [0.1, 0.15) is 0 Å². The molecule has 0 saturated heterocycles. The third-order valence-electron chi connectivity index (χ3n) is 4.88. The third-order valence-corrected chi connectivity index (χ3v) is 4.88. The Labute approximate surface area is 137 Å². The van der Waals surface area contributed by atoms with E-state index in [9.17, 15) is 4.79 Å². The van der Waals surface area contributed by atoms with Crippen LogP contribution < -0.4 is 11.1 Å². The molecule has 23 heavy (non-hydrogen) atoms. The summed E-state index contributed by atoms with van der Waals surface area (Å²) >= 11 is 0. The van der Waals surface area contributed by atoms with E-state index in [-0.39, 0.29) is 17.9 Å². The molecule has 120 valence electrons. The number of nitrogens with two attached hydrogens (primary N) is 1. The Hall–Kier alpha value is -2.13. The third kappa shape index (κ3) is 2.66. The van der Waals surface area contributed by atoms with Crippen molar-refractivity contribution in [2.24, 2.45) is 5.73 Å². The number of carbonyl (C=O) groups excluding carboxylic acids is 1. The molecular weight excluding hydrogens is 284 g/mol. The second-order valence-electron chi connectivity index (χ2n) is 6.28. The fourth-order valence-electron chi connectivity index (χ4n) is 3.51. The van der Waals surface area contributed by atoms with Gasteiger partial charge < -0.3 is 11.1 Å². The SMILES string of the molecule is CCc1cc(C(N)c2ccccc2C)cc2c1NC(=O)C2CC. The summed E-state index contributed by atoms with van der Waals surface area (Å²) in [4.78, 5) is 12.2. The van der Waals surface area contributed by atoms with Crippen LogP contribution in [0, 0.1) is 6.92 Å². The van der Waals surface area contributed by atoms with Crippen LogP contribution in [0.2, 0.25) is 0 Å². The molecule has 2 aromatic carbocycles. The highest BCUT2D eigenvalue weighted by Crippen LogP contribution is 2.40. The van der Waals surface area contributed by atoms with Crippen molar-refractivity contribution in [1.82, 2.24) is 0 Å². The Morgan fingerprint density at radius 2 is 1.96 bits per heavy atom. The predicted molar refractivity (Wildman–Crippen MR) is 94.7 cm³/mol. The van der Waals surface area contributed by atoms with Crippen molar-refractivity contribution in [2.45, 2.75) is 45.6 Å². The van der Waals surface area contributed by atoms with Gasteiger partial charge in [-0.25, -0.2) is 0 Å². The lowest BCUT2D eigenvalue weighted by Crippen LogP contribution is -2.14. The summed E-state index contributed by atoms with van der Waals surface area (Å²) < 4.78 is 0. The van der Waals surface area contributed by atoms with Gasteiger partial charge in [-0.1, -0.05) is 50.2 Å². The first kappa shape index (κ1) is 15.8. The molecule has 1 aliphatic heterocycles. The molecule has 0 fully saturated rings. The minimum Gasteiger partial charge on any atom is -0.325 e. The number of carbonyl (C=O) groups is 1. The lowest BCUT2D eigenvalue weighted by Gasteiger charge is -2.19. The fraction of sp³-hybridized carbons (Fsp3) is 0.350. The normalized spacial score (nSPS) is 17.7. The van der Waals surface area contributed by atoms with Crippen molar-refractivity contribution in [3.63, 3.8) is 0 Å². The van der Waals surface area contributed by atoms with E-state index in [0.29, 0.717) is 0 Å². The summed E-state index contributed by atoms with van der Waals surface area (Å²) in [7, 11) is 0. The second-order valence-corrected chi connectivity index (χ2v) is 6.28. The minimum atomic E-state index is -0.167. The van der Waals surface area contributed by atoms with Gasteiger partial charge in [0.25, 0.3) is 0 Å². The molecule has 0 aliphatic carbocycles. The van der Waals surface area contributed by atoms with Gasteiger partial charge in [0.05, 0.1) is 12.0 Å². The summed E-state index contributed by atoms with van der Waals surface area (Å²) in [5, 5.41) is 3.06. The van der Waals surface area contributed by atoms with E-state index in [0.717, 1.165) is 35.2 Å². The van der Waals surface area contributed by atoms with Crippen molar-refractivity contribution in [2.75, 3.05) is 5.32 Å². The molecule has 3 N–H and O–H groups in total. The van der Waals surface area contributed by atoms with E-state index < -0.39 is 0 Å². The van der Waals surface area contributed by atoms with Crippen LogP contribution in [-0.4, -0.2) is 5.91 Å². The van der Waals surface area contributed by atoms with Gasteiger partial charge in [-0.3, -0.25) is 4.79 Å². The molecule has 1 amide bonds. The number of rotatable bonds is 4. The Morgan fingerprint density at radius 3 is 2.61 bits per heavy atom. The van der Waals surface area contributed by atoms with Crippen LogP contribution in [0.15, 0.2) is 36.4 Å². The average Bonchev–Trinajstić information content (AvgIpc) is 2.88. The van der Waals surface area contributed by atoms with Crippen LogP contribution >= 0.6 is 0 Å². The van der Waals surface area contributed by atoms with Gasteiger partial charge in [-0.2, -0.15) is 0 Å². The van der Waals surface area contributed by atoms with Gasteiger partial charge in [-0.05, 0) is 47.6 Å². The molecule has 1 aliphatic rings. The van der Waals surface area contributed by atoms with Crippen molar-refractivity contribution >= 4 is 11.6 Å². The highest BCUT2D eigenvalue weighted by atomic mass is 16.2. The molecule has 2 unspecified atom stereocenters. The van der Waals surface area contributed by atoms with Crippen LogP contribution in [0.5, 0.6) is 0 Å².